The largest absolute Gasteiger partial charge is 0.506 e. The molecule has 2 N–H and O–H groups in total. The van der Waals surface area contributed by atoms with Gasteiger partial charge in [-0.05, 0) is 31.0 Å². The average molecular weight is 390 g/mol. The van der Waals surface area contributed by atoms with Crippen molar-refractivity contribution in [2.45, 2.75) is 117 Å². The highest BCUT2D eigenvalue weighted by atomic mass is 16.3. The van der Waals surface area contributed by atoms with Crippen LogP contribution in [0.3, 0.4) is 0 Å². The number of carbonyl (C=O) groups excluding carboxylic acids is 1. The Bertz CT molecular complexity index is 527. The lowest BCUT2D eigenvalue weighted by Crippen LogP contribution is -2.11. The van der Waals surface area contributed by atoms with E-state index < -0.39 is 0 Å². The Morgan fingerprint density at radius 2 is 1.25 bits per heavy atom. The minimum Gasteiger partial charge on any atom is -0.506 e. The van der Waals surface area contributed by atoms with Crippen LogP contribution in [0.25, 0.3) is 0 Å². The molecule has 3 heteroatoms. The van der Waals surface area contributed by atoms with Gasteiger partial charge >= 0.3 is 0 Å². The van der Waals surface area contributed by atoms with Gasteiger partial charge in [0.25, 0.3) is 0 Å². The van der Waals surface area contributed by atoms with Gasteiger partial charge in [-0.15, -0.1) is 0 Å². The van der Waals surface area contributed by atoms with Gasteiger partial charge in [0.15, 0.2) is 0 Å². The molecule has 1 aromatic rings. The molecule has 0 aliphatic rings. The Balaban J connectivity index is 1.87. The van der Waals surface area contributed by atoms with Gasteiger partial charge in [-0.25, -0.2) is 0 Å². The fourth-order valence-corrected chi connectivity index (χ4v) is 3.62. The number of aromatic hydroxyl groups is 1. The highest BCUT2D eigenvalue weighted by molar-refractivity contribution is 5.92. The van der Waals surface area contributed by atoms with Gasteiger partial charge in [-0.3, -0.25) is 4.79 Å². The van der Waals surface area contributed by atoms with Crippen LogP contribution in [0.2, 0.25) is 0 Å². The lowest BCUT2D eigenvalue weighted by molar-refractivity contribution is -0.116. The number of phenolic OH excluding ortho intramolecular Hbond substituents is 1. The van der Waals surface area contributed by atoms with Gasteiger partial charge in [0.2, 0.25) is 5.91 Å². The van der Waals surface area contributed by atoms with Crippen LogP contribution in [0.1, 0.15) is 115 Å². The van der Waals surface area contributed by atoms with Crippen molar-refractivity contribution in [2.24, 2.45) is 0 Å². The summed E-state index contributed by atoms with van der Waals surface area (Å²) in [5.74, 6) is 0.131. The number of carbonyl (C=O) groups is 1. The van der Waals surface area contributed by atoms with Crippen molar-refractivity contribution < 1.29 is 9.90 Å². The molecule has 0 saturated heterocycles. The van der Waals surface area contributed by atoms with E-state index in [0.29, 0.717) is 12.1 Å². The van der Waals surface area contributed by atoms with Crippen LogP contribution in [-0.4, -0.2) is 11.0 Å². The molecular formula is C25H43NO2. The smallest absolute Gasteiger partial charge is 0.224 e. The zero-order valence-corrected chi connectivity index (χ0v) is 18.4. The molecule has 0 atom stereocenters. The van der Waals surface area contributed by atoms with E-state index in [1.807, 2.05) is 13.0 Å². The molecule has 0 unspecified atom stereocenters. The second-order valence-corrected chi connectivity index (χ2v) is 8.27. The van der Waals surface area contributed by atoms with E-state index in [-0.39, 0.29) is 11.7 Å². The lowest BCUT2D eigenvalue weighted by atomic mass is 10.0. The zero-order valence-electron chi connectivity index (χ0n) is 18.4. The van der Waals surface area contributed by atoms with Crippen LogP contribution < -0.4 is 5.32 Å². The number of hydrogen-bond donors (Lipinski definition) is 2. The predicted octanol–water partition coefficient (Wildman–Crippen LogP) is 7.90. The topological polar surface area (TPSA) is 49.3 Å². The Labute approximate surface area is 173 Å². The maximum atomic E-state index is 12.0. The van der Waals surface area contributed by atoms with Gasteiger partial charge in [-0.2, -0.15) is 0 Å². The highest BCUT2D eigenvalue weighted by Crippen LogP contribution is 2.24. The van der Waals surface area contributed by atoms with Gasteiger partial charge in [0.1, 0.15) is 5.75 Å². The maximum absolute atomic E-state index is 12.0. The van der Waals surface area contributed by atoms with Crippen molar-refractivity contribution >= 4 is 11.6 Å². The highest BCUT2D eigenvalue weighted by Gasteiger charge is 2.06. The van der Waals surface area contributed by atoms with E-state index in [2.05, 4.69) is 12.2 Å². The molecule has 0 saturated carbocycles. The maximum Gasteiger partial charge on any atom is 0.224 e. The Morgan fingerprint density at radius 3 is 1.75 bits per heavy atom. The van der Waals surface area contributed by atoms with E-state index >= 15 is 0 Å². The Kier molecular flexibility index (Phi) is 14.4. The molecule has 0 spiro atoms. The SMILES string of the molecule is CCCCCCCCCCCCCCCCCC(=O)Nc1cc(C)ccc1O. The van der Waals surface area contributed by atoms with Crippen LogP contribution in [0.15, 0.2) is 18.2 Å². The van der Waals surface area contributed by atoms with E-state index in [0.717, 1.165) is 18.4 Å². The first-order chi connectivity index (χ1) is 13.6. The summed E-state index contributed by atoms with van der Waals surface area (Å²) in [6.45, 7) is 4.22. The molecule has 0 aromatic heterocycles. The molecule has 160 valence electrons. The molecule has 1 rings (SSSR count). The second kappa shape index (κ2) is 16.4. The van der Waals surface area contributed by atoms with Crippen LogP contribution in [0.5, 0.6) is 5.75 Å². The number of nitrogens with one attached hydrogen (secondary N) is 1. The predicted molar refractivity (Wildman–Crippen MR) is 121 cm³/mol. The first kappa shape index (κ1) is 24.5. The Morgan fingerprint density at radius 1 is 0.786 bits per heavy atom. The van der Waals surface area contributed by atoms with Crippen molar-refractivity contribution in [3.05, 3.63) is 23.8 Å². The number of unbranched alkanes of at least 4 members (excludes halogenated alkanes) is 14. The van der Waals surface area contributed by atoms with Crippen LogP contribution in [0, 0.1) is 6.92 Å². The second-order valence-electron chi connectivity index (χ2n) is 8.27. The monoisotopic (exact) mass is 389 g/mol. The molecule has 1 aromatic carbocycles. The van der Waals surface area contributed by atoms with E-state index in [1.54, 1.807) is 12.1 Å². The van der Waals surface area contributed by atoms with Crippen molar-refractivity contribution in [2.75, 3.05) is 5.32 Å². The van der Waals surface area contributed by atoms with E-state index in [1.165, 1.54) is 83.5 Å². The minimum atomic E-state index is -0.00408. The minimum absolute atomic E-state index is 0.00408. The number of amides is 1. The van der Waals surface area contributed by atoms with Crippen molar-refractivity contribution in [1.82, 2.24) is 0 Å². The third-order valence-corrected chi connectivity index (χ3v) is 5.43. The number of aryl methyl sites for hydroxylation is 1. The number of hydrogen-bond acceptors (Lipinski definition) is 2. The molecule has 0 bridgehead atoms. The summed E-state index contributed by atoms with van der Waals surface area (Å²) in [5.41, 5.74) is 1.55. The molecular weight excluding hydrogens is 346 g/mol. The van der Waals surface area contributed by atoms with Gasteiger partial charge in [-0.1, -0.05) is 103 Å². The first-order valence-electron chi connectivity index (χ1n) is 11.7. The van der Waals surface area contributed by atoms with E-state index in [9.17, 15) is 9.90 Å². The van der Waals surface area contributed by atoms with E-state index in [4.69, 9.17) is 0 Å². The lowest BCUT2D eigenvalue weighted by Gasteiger charge is -2.08. The quantitative estimate of drug-likeness (QED) is 0.210. The third kappa shape index (κ3) is 12.8. The molecule has 3 nitrogen and oxygen atoms in total. The normalized spacial score (nSPS) is 10.9. The molecule has 28 heavy (non-hydrogen) atoms. The molecule has 0 heterocycles. The van der Waals surface area contributed by atoms with Crippen LogP contribution >= 0.6 is 0 Å². The number of phenols is 1. The fourth-order valence-electron chi connectivity index (χ4n) is 3.62. The van der Waals surface area contributed by atoms with Gasteiger partial charge < -0.3 is 10.4 Å². The van der Waals surface area contributed by atoms with Gasteiger partial charge in [0, 0.05) is 6.42 Å². The summed E-state index contributed by atoms with van der Waals surface area (Å²) in [6, 6.07) is 5.26. The average Bonchev–Trinajstić information content (AvgIpc) is 2.67. The zero-order chi connectivity index (χ0) is 20.5. The van der Waals surface area contributed by atoms with Gasteiger partial charge in [0.05, 0.1) is 5.69 Å². The van der Waals surface area contributed by atoms with Crippen molar-refractivity contribution in [3.63, 3.8) is 0 Å². The van der Waals surface area contributed by atoms with Crippen LogP contribution in [-0.2, 0) is 4.79 Å². The van der Waals surface area contributed by atoms with Crippen molar-refractivity contribution in [1.29, 1.82) is 0 Å². The summed E-state index contributed by atoms with van der Waals surface area (Å²) in [6.07, 6.45) is 20.4. The first-order valence-corrected chi connectivity index (χ1v) is 11.7. The standard InChI is InChI=1S/C25H43NO2/c1-3-4-5-6-7-8-9-10-11-12-13-14-15-16-17-18-25(28)26-23-21-22(2)19-20-24(23)27/h19-21,27H,3-18H2,1-2H3,(H,26,28). The Hall–Kier alpha value is -1.51. The summed E-state index contributed by atoms with van der Waals surface area (Å²) < 4.78 is 0. The number of anilines is 1. The summed E-state index contributed by atoms with van der Waals surface area (Å²) >= 11 is 0. The number of benzene rings is 1. The third-order valence-electron chi connectivity index (χ3n) is 5.43. The number of rotatable bonds is 17. The summed E-state index contributed by atoms with van der Waals surface area (Å²) in [5, 5.41) is 12.6. The molecule has 0 fully saturated rings. The molecule has 1 amide bonds. The molecule has 0 radical (unpaired) electrons. The van der Waals surface area contributed by atoms with Crippen LogP contribution in [0.4, 0.5) is 5.69 Å². The molecule has 0 aliphatic heterocycles. The summed E-state index contributed by atoms with van der Waals surface area (Å²) in [4.78, 5) is 12.0. The fraction of sp³-hybridized carbons (Fsp3) is 0.720. The summed E-state index contributed by atoms with van der Waals surface area (Å²) in [7, 11) is 0. The molecule has 0 aliphatic carbocycles. The van der Waals surface area contributed by atoms with Crippen molar-refractivity contribution in [3.8, 4) is 5.75 Å².